The number of hydrogen-bond donors (Lipinski definition) is 3. The quantitative estimate of drug-likeness (QED) is 0.797. The number of halogens is 1. The molecular formula is C13H15ClN2O3. The van der Waals surface area contributed by atoms with Crippen LogP contribution < -0.4 is 10.6 Å². The normalized spacial score (nSPS) is 15.2. The summed E-state index contributed by atoms with van der Waals surface area (Å²) >= 11 is 5.83. The number of carboxylic acids is 1. The minimum atomic E-state index is -1.09. The van der Waals surface area contributed by atoms with Gasteiger partial charge < -0.3 is 15.7 Å². The average molecular weight is 283 g/mol. The topological polar surface area (TPSA) is 78.4 Å². The second kappa shape index (κ2) is 5.93. The van der Waals surface area contributed by atoms with Crippen LogP contribution in [0.3, 0.4) is 0 Å². The summed E-state index contributed by atoms with van der Waals surface area (Å²) in [7, 11) is 0. The van der Waals surface area contributed by atoms with Gasteiger partial charge in [0.15, 0.2) is 0 Å². The van der Waals surface area contributed by atoms with Crippen LogP contribution in [0.4, 0.5) is 10.5 Å². The van der Waals surface area contributed by atoms with Gasteiger partial charge in [0.2, 0.25) is 0 Å². The van der Waals surface area contributed by atoms with Crippen LogP contribution in [0, 0.1) is 0 Å². The number of anilines is 1. The molecule has 2 amide bonds. The van der Waals surface area contributed by atoms with Crippen LogP contribution in [0.2, 0.25) is 5.02 Å². The lowest BCUT2D eigenvalue weighted by atomic mass is 10.2. The van der Waals surface area contributed by atoms with E-state index in [2.05, 4.69) is 10.6 Å². The second-order valence-electron chi connectivity index (χ2n) is 4.58. The van der Waals surface area contributed by atoms with E-state index in [1.54, 1.807) is 0 Å². The number of hydrogen-bond acceptors (Lipinski definition) is 2. The number of benzene rings is 1. The Kier molecular flexibility index (Phi) is 4.27. The van der Waals surface area contributed by atoms with Crippen LogP contribution in [0.15, 0.2) is 18.2 Å². The first-order valence-electron chi connectivity index (χ1n) is 6.16. The van der Waals surface area contributed by atoms with E-state index in [0.717, 1.165) is 25.7 Å². The number of aromatic carboxylic acids is 1. The maximum absolute atomic E-state index is 11.7. The fourth-order valence-electron chi connectivity index (χ4n) is 2.19. The summed E-state index contributed by atoms with van der Waals surface area (Å²) < 4.78 is 0. The van der Waals surface area contributed by atoms with Crippen molar-refractivity contribution < 1.29 is 14.7 Å². The van der Waals surface area contributed by atoms with Gasteiger partial charge in [0.05, 0.1) is 10.6 Å². The van der Waals surface area contributed by atoms with Gasteiger partial charge in [-0.25, -0.2) is 9.59 Å². The van der Waals surface area contributed by atoms with Gasteiger partial charge in [0.1, 0.15) is 0 Å². The lowest BCUT2D eigenvalue weighted by Gasteiger charge is -2.13. The summed E-state index contributed by atoms with van der Waals surface area (Å²) in [4.78, 5) is 22.5. The van der Waals surface area contributed by atoms with Crippen molar-refractivity contribution in [1.82, 2.24) is 5.32 Å². The summed E-state index contributed by atoms with van der Waals surface area (Å²) in [6.07, 6.45) is 4.30. The summed E-state index contributed by atoms with van der Waals surface area (Å²) in [5, 5.41) is 14.5. The van der Waals surface area contributed by atoms with Gasteiger partial charge in [-0.3, -0.25) is 0 Å². The van der Waals surface area contributed by atoms with Crippen molar-refractivity contribution in [2.75, 3.05) is 5.32 Å². The molecule has 0 unspecified atom stereocenters. The molecule has 1 saturated carbocycles. The van der Waals surface area contributed by atoms with Crippen molar-refractivity contribution in [3.63, 3.8) is 0 Å². The minimum Gasteiger partial charge on any atom is -0.478 e. The fourth-order valence-corrected chi connectivity index (χ4v) is 2.45. The van der Waals surface area contributed by atoms with Gasteiger partial charge in [-0.15, -0.1) is 0 Å². The number of carbonyl (C=O) groups excluding carboxylic acids is 1. The Morgan fingerprint density at radius 2 is 1.95 bits per heavy atom. The number of amides is 2. The van der Waals surface area contributed by atoms with Crippen molar-refractivity contribution in [2.45, 2.75) is 31.7 Å². The highest BCUT2D eigenvalue weighted by Crippen LogP contribution is 2.21. The Labute approximate surface area is 116 Å². The minimum absolute atomic E-state index is 0.0171. The highest BCUT2D eigenvalue weighted by Gasteiger charge is 2.17. The third-order valence-electron chi connectivity index (χ3n) is 3.15. The number of nitrogens with one attached hydrogen (secondary N) is 2. The van der Waals surface area contributed by atoms with Crippen LogP contribution in [-0.4, -0.2) is 23.1 Å². The molecular weight excluding hydrogens is 268 g/mol. The molecule has 102 valence electrons. The average Bonchev–Trinajstić information content (AvgIpc) is 2.81. The van der Waals surface area contributed by atoms with Gasteiger partial charge in [-0.05, 0) is 31.0 Å². The molecule has 0 aliphatic heterocycles. The number of carbonyl (C=O) groups is 2. The molecule has 1 aromatic rings. The molecule has 0 radical (unpaired) electrons. The van der Waals surface area contributed by atoms with Crippen LogP contribution in [0.1, 0.15) is 36.0 Å². The lowest BCUT2D eigenvalue weighted by Crippen LogP contribution is -2.36. The number of carboxylic acid groups (broad SMARTS) is 1. The molecule has 1 aromatic carbocycles. The number of urea groups is 1. The summed E-state index contributed by atoms with van der Waals surface area (Å²) in [5.41, 5.74) is 0.494. The van der Waals surface area contributed by atoms with Gasteiger partial charge in [0.25, 0.3) is 0 Å². The Morgan fingerprint density at radius 3 is 2.53 bits per heavy atom. The third kappa shape index (κ3) is 3.61. The Bertz CT molecular complexity index is 499. The first-order valence-corrected chi connectivity index (χ1v) is 6.54. The van der Waals surface area contributed by atoms with Crippen molar-refractivity contribution in [3.8, 4) is 0 Å². The molecule has 1 fully saturated rings. The smallest absolute Gasteiger partial charge is 0.337 e. The summed E-state index contributed by atoms with van der Waals surface area (Å²) in [6.45, 7) is 0. The molecule has 3 N–H and O–H groups in total. The van der Waals surface area contributed by atoms with Crippen molar-refractivity contribution in [2.24, 2.45) is 0 Å². The van der Waals surface area contributed by atoms with E-state index in [9.17, 15) is 9.59 Å². The van der Waals surface area contributed by atoms with Crippen LogP contribution in [-0.2, 0) is 0 Å². The molecule has 0 heterocycles. The van der Waals surface area contributed by atoms with Crippen molar-refractivity contribution >= 4 is 29.3 Å². The Hall–Kier alpha value is -1.75. The molecule has 1 aliphatic carbocycles. The van der Waals surface area contributed by atoms with Gasteiger partial charge in [-0.2, -0.15) is 0 Å². The zero-order valence-electron chi connectivity index (χ0n) is 10.3. The predicted molar refractivity (Wildman–Crippen MR) is 72.8 cm³/mol. The second-order valence-corrected chi connectivity index (χ2v) is 4.99. The first-order chi connectivity index (χ1) is 9.06. The maximum atomic E-state index is 11.7. The summed E-state index contributed by atoms with van der Waals surface area (Å²) in [6, 6.07) is 4.26. The zero-order chi connectivity index (χ0) is 13.8. The molecule has 0 atom stereocenters. The highest BCUT2D eigenvalue weighted by molar-refractivity contribution is 6.33. The van der Waals surface area contributed by atoms with E-state index in [-0.39, 0.29) is 22.7 Å². The van der Waals surface area contributed by atoms with Gasteiger partial charge in [-0.1, -0.05) is 24.4 Å². The molecule has 0 saturated heterocycles. The lowest BCUT2D eigenvalue weighted by molar-refractivity contribution is 0.0697. The monoisotopic (exact) mass is 282 g/mol. The first kappa shape index (κ1) is 13.7. The van der Waals surface area contributed by atoms with Crippen molar-refractivity contribution in [3.05, 3.63) is 28.8 Å². The fraction of sp³-hybridized carbons (Fsp3) is 0.385. The molecule has 2 rings (SSSR count). The van der Waals surface area contributed by atoms with E-state index in [1.165, 1.54) is 18.2 Å². The number of rotatable bonds is 3. The molecule has 0 spiro atoms. The van der Waals surface area contributed by atoms with Gasteiger partial charge in [0, 0.05) is 11.7 Å². The van der Waals surface area contributed by atoms with E-state index in [0.29, 0.717) is 5.69 Å². The molecule has 0 bridgehead atoms. The van der Waals surface area contributed by atoms with E-state index in [4.69, 9.17) is 16.7 Å². The maximum Gasteiger partial charge on any atom is 0.337 e. The highest BCUT2D eigenvalue weighted by atomic mass is 35.5. The molecule has 6 heteroatoms. The van der Waals surface area contributed by atoms with E-state index < -0.39 is 5.97 Å². The van der Waals surface area contributed by atoms with Crippen molar-refractivity contribution in [1.29, 1.82) is 0 Å². The zero-order valence-corrected chi connectivity index (χ0v) is 11.0. The molecule has 5 nitrogen and oxygen atoms in total. The van der Waals surface area contributed by atoms with Gasteiger partial charge >= 0.3 is 12.0 Å². The molecule has 19 heavy (non-hydrogen) atoms. The molecule has 0 aromatic heterocycles. The van der Waals surface area contributed by atoms with Crippen LogP contribution in [0.5, 0.6) is 0 Å². The van der Waals surface area contributed by atoms with Crippen LogP contribution in [0.25, 0.3) is 0 Å². The predicted octanol–water partition coefficient (Wildman–Crippen LogP) is 3.10. The Balaban J connectivity index is 1.96. The van der Waals surface area contributed by atoms with Crippen LogP contribution >= 0.6 is 11.6 Å². The SMILES string of the molecule is O=C(Nc1ccc(C(=O)O)c(Cl)c1)NC1CCCC1. The largest absolute Gasteiger partial charge is 0.478 e. The van der Waals surface area contributed by atoms with E-state index in [1.807, 2.05) is 0 Å². The summed E-state index contributed by atoms with van der Waals surface area (Å²) in [5.74, 6) is -1.09. The Morgan fingerprint density at radius 1 is 1.26 bits per heavy atom. The molecule has 1 aliphatic rings. The standard InChI is InChI=1S/C13H15ClN2O3/c14-11-7-9(5-6-10(11)12(17)18)16-13(19)15-8-3-1-2-4-8/h5-8H,1-4H2,(H,17,18)(H2,15,16,19). The van der Waals surface area contributed by atoms with E-state index >= 15 is 0 Å². The third-order valence-corrected chi connectivity index (χ3v) is 3.46.